The third kappa shape index (κ3) is 14.3. The van der Waals surface area contributed by atoms with Gasteiger partial charge >= 0.3 is 30.7 Å². The molecule has 26 heteroatoms. The number of amides is 2. The molecule has 0 radical (unpaired) electrons. The number of pyridine rings is 2. The number of carbonyl (C=O) groups excluding carboxylic acids is 5. The molecule has 0 saturated carbocycles. The van der Waals surface area contributed by atoms with Gasteiger partial charge in [0.1, 0.15) is 56.3 Å². The molecule has 8 rings (SSSR count). The second kappa shape index (κ2) is 22.9. The number of nitrogens with zero attached hydrogens (tertiary/aromatic N) is 6. The zero-order valence-electron chi connectivity index (χ0n) is 41.4. The molecule has 0 aliphatic carbocycles. The second-order valence-electron chi connectivity index (χ2n) is 19.1. The summed E-state index contributed by atoms with van der Waals surface area (Å²) in [6.45, 7) is 16.7. The maximum atomic E-state index is 13.1. The Labute approximate surface area is 443 Å². The van der Waals surface area contributed by atoms with E-state index < -0.39 is 59.5 Å². The zero-order chi connectivity index (χ0) is 55.5. The molecule has 0 N–H and O–H groups in total. The number of aromatic nitrogens is 4. The molecule has 0 bridgehead atoms. The Morgan fingerprint density at radius 1 is 0.680 bits per heavy atom. The van der Waals surface area contributed by atoms with Crippen LogP contribution in [0.3, 0.4) is 0 Å². The minimum absolute atomic E-state index is 0.0422. The fraction of sp³-hybridized carbons (Fsp3) is 0.429. The third-order valence-corrected chi connectivity index (χ3v) is 13.7. The van der Waals surface area contributed by atoms with Crippen molar-refractivity contribution in [1.82, 2.24) is 29.7 Å². The predicted octanol–water partition coefficient (Wildman–Crippen LogP) is 12.8. The summed E-state index contributed by atoms with van der Waals surface area (Å²) in [5.74, 6) is 0.699. The van der Waals surface area contributed by atoms with Gasteiger partial charge in [0.25, 0.3) is 6.47 Å². The van der Waals surface area contributed by atoms with Crippen LogP contribution in [0, 0.1) is 13.8 Å². The van der Waals surface area contributed by atoms with Gasteiger partial charge in [-0.25, -0.2) is 29.5 Å². The SMILES string of the molecule is Cc1ccc2c(OC3C[C@H](C)N(C(=O)OC(C)(C)C)C3)cc(-c3nc(C(F)(F)F)cs3)nc2c1Cl.Cc1ccc2c(OC3C[C@H](OC=O)N(C(=O)OC(C)(C)C)C3)cc(-c3nc(C(F)(F)F)cs3)nc2c1Cl.O=C=O. The van der Waals surface area contributed by atoms with Crippen molar-refractivity contribution in [2.45, 2.75) is 123 Å². The maximum Gasteiger partial charge on any atom is 0.434 e. The molecule has 6 heterocycles. The van der Waals surface area contributed by atoms with E-state index in [1.54, 1.807) is 71.6 Å². The highest BCUT2D eigenvalue weighted by molar-refractivity contribution is 7.13. The Morgan fingerprint density at radius 3 is 1.47 bits per heavy atom. The molecule has 2 aliphatic heterocycles. The number of hydrogen-bond acceptors (Lipinski definition) is 16. The lowest BCUT2D eigenvalue weighted by atomic mass is 10.1. The Morgan fingerprint density at radius 2 is 1.08 bits per heavy atom. The number of halogens is 8. The quantitative estimate of drug-likeness (QED) is 0.0795. The number of benzene rings is 2. The summed E-state index contributed by atoms with van der Waals surface area (Å²) >= 11 is 14.7. The number of hydrogen-bond donors (Lipinski definition) is 0. The normalized spacial score (nSPS) is 17.9. The summed E-state index contributed by atoms with van der Waals surface area (Å²) < 4.78 is 107. The van der Waals surface area contributed by atoms with E-state index in [4.69, 9.17) is 56.5 Å². The lowest BCUT2D eigenvalue weighted by Crippen LogP contribution is -2.41. The Bertz CT molecular complexity index is 3120. The fourth-order valence-electron chi connectivity index (χ4n) is 7.67. The van der Waals surface area contributed by atoms with Gasteiger partial charge in [0.15, 0.2) is 17.6 Å². The number of carbonyl (C=O) groups is 3. The van der Waals surface area contributed by atoms with Crippen molar-refractivity contribution in [1.29, 1.82) is 0 Å². The molecule has 2 amide bonds. The molecule has 2 aromatic carbocycles. The highest BCUT2D eigenvalue weighted by Crippen LogP contribution is 2.41. The first-order chi connectivity index (χ1) is 34.9. The zero-order valence-corrected chi connectivity index (χ0v) is 44.6. The maximum absolute atomic E-state index is 13.1. The van der Waals surface area contributed by atoms with Gasteiger partial charge in [-0.3, -0.25) is 9.69 Å². The number of rotatable bonds is 8. The summed E-state index contributed by atoms with van der Waals surface area (Å²) in [7, 11) is 0. The molecule has 2 aliphatic rings. The van der Waals surface area contributed by atoms with E-state index in [1.165, 1.54) is 11.0 Å². The van der Waals surface area contributed by atoms with Crippen molar-refractivity contribution in [3.05, 3.63) is 79.7 Å². The first-order valence-corrected chi connectivity index (χ1v) is 25.1. The summed E-state index contributed by atoms with van der Waals surface area (Å²) in [6.07, 6.45) is -11.2. The van der Waals surface area contributed by atoms with Gasteiger partial charge in [0, 0.05) is 52.5 Å². The van der Waals surface area contributed by atoms with Gasteiger partial charge in [0.2, 0.25) is 0 Å². The van der Waals surface area contributed by atoms with E-state index in [0.29, 0.717) is 50.6 Å². The van der Waals surface area contributed by atoms with Gasteiger partial charge in [-0.1, -0.05) is 35.3 Å². The van der Waals surface area contributed by atoms with Gasteiger partial charge in [0.05, 0.1) is 34.2 Å². The molecule has 2 fully saturated rings. The number of fused-ring (bicyclic) bond motifs is 2. The van der Waals surface area contributed by atoms with Crippen LogP contribution in [0.2, 0.25) is 10.0 Å². The first-order valence-electron chi connectivity index (χ1n) is 22.6. The smallest absolute Gasteiger partial charge is 0.434 e. The van der Waals surface area contributed by atoms with Gasteiger partial charge in [-0.2, -0.15) is 35.9 Å². The van der Waals surface area contributed by atoms with E-state index >= 15 is 0 Å². The van der Waals surface area contributed by atoms with E-state index in [9.17, 15) is 40.7 Å². The monoisotopic (exact) mass is 1130 g/mol. The van der Waals surface area contributed by atoms with Crippen molar-refractivity contribution in [2.75, 3.05) is 13.1 Å². The Hall–Kier alpha value is -6.33. The van der Waals surface area contributed by atoms with Crippen LogP contribution in [0.25, 0.3) is 43.2 Å². The molecule has 75 heavy (non-hydrogen) atoms. The van der Waals surface area contributed by atoms with Crippen LogP contribution in [0.5, 0.6) is 11.5 Å². The molecule has 2 saturated heterocycles. The van der Waals surface area contributed by atoms with Gasteiger partial charge < -0.3 is 28.6 Å². The second-order valence-corrected chi connectivity index (χ2v) is 21.6. The lowest BCUT2D eigenvalue weighted by Gasteiger charge is -2.27. The van der Waals surface area contributed by atoms with Crippen LogP contribution in [0.4, 0.5) is 35.9 Å². The molecule has 402 valence electrons. The summed E-state index contributed by atoms with van der Waals surface area (Å²) in [4.78, 5) is 71.9. The minimum atomic E-state index is -4.60. The topological polar surface area (TPSA) is 190 Å². The van der Waals surface area contributed by atoms with Crippen LogP contribution < -0.4 is 9.47 Å². The number of likely N-dealkylation sites (tertiary alicyclic amines) is 2. The van der Waals surface area contributed by atoms with Crippen molar-refractivity contribution < 1.29 is 74.0 Å². The summed E-state index contributed by atoms with van der Waals surface area (Å²) in [6, 6.07) is 10.1. The molecule has 6 aromatic rings. The van der Waals surface area contributed by atoms with Crippen LogP contribution in [-0.2, 0) is 40.9 Å². The van der Waals surface area contributed by atoms with Crippen LogP contribution >= 0.6 is 45.9 Å². The molecule has 2 unspecified atom stereocenters. The number of ether oxygens (including phenoxy) is 5. The van der Waals surface area contributed by atoms with E-state index in [0.717, 1.165) is 44.6 Å². The van der Waals surface area contributed by atoms with Crippen molar-refractivity contribution in [2.24, 2.45) is 0 Å². The van der Waals surface area contributed by atoms with Crippen molar-refractivity contribution in [3.63, 3.8) is 0 Å². The van der Waals surface area contributed by atoms with Crippen LogP contribution in [0.15, 0.2) is 47.2 Å². The summed E-state index contributed by atoms with van der Waals surface area (Å²) in [5.41, 5.74) is -0.766. The molecular weight excluding hydrogens is 1080 g/mol. The molecular formula is C49H48Cl2F6N6O10S2. The van der Waals surface area contributed by atoms with Gasteiger partial charge in [-0.15, -0.1) is 22.7 Å². The average molecular weight is 1130 g/mol. The molecule has 4 aromatic heterocycles. The Balaban J connectivity index is 0.000000232. The largest absolute Gasteiger partial charge is 0.488 e. The number of thiazole rings is 2. The lowest BCUT2D eigenvalue weighted by molar-refractivity contribution is -0.191. The van der Waals surface area contributed by atoms with E-state index in [2.05, 4.69) is 19.9 Å². The number of alkyl halides is 6. The molecule has 0 spiro atoms. The van der Waals surface area contributed by atoms with Crippen molar-refractivity contribution in [3.8, 4) is 32.9 Å². The average Bonchev–Trinajstić information content (AvgIpc) is 4.13. The number of aryl methyl sites for hydroxylation is 2. The van der Waals surface area contributed by atoms with Gasteiger partial charge in [-0.05, 0) is 85.6 Å². The van der Waals surface area contributed by atoms with Crippen LogP contribution in [-0.4, -0.2) is 103 Å². The third-order valence-electron chi connectivity index (χ3n) is 11.0. The fourth-order valence-corrected chi connectivity index (χ4v) is 9.66. The Kier molecular flexibility index (Phi) is 17.7. The van der Waals surface area contributed by atoms with Crippen LogP contribution in [0.1, 0.15) is 83.8 Å². The van der Waals surface area contributed by atoms with E-state index in [1.807, 2.05) is 26.0 Å². The van der Waals surface area contributed by atoms with E-state index in [-0.39, 0.29) is 64.9 Å². The highest BCUT2D eigenvalue weighted by atomic mass is 35.5. The molecule has 16 nitrogen and oxygen atoms in total. The summed E-state index contributed by atoms with van der Waals surface area (Å²) in [5, 5.41) is 3.87. The predicted molar refractivity (Wildman–Crippen MR) is 265 cm³/mol. The standard InChI is InChI=1S/C24H23ClF3N3O5S.C24H25ClF3N3O3S.CO2/c1-12-5-6-14-16(35-13-7-18(34-11-32)31(9-13)22(33)36-23(2,3)4)8-15(29-20(14)19(12)25)21-30-17(10-37-21)24(26,27)28;1-12-6-7-15-17(33-14-8-13(2)31(10-14)22(32)34-23(3,4)5)9-16(29-20(15)19(12)25)21-30-18(11-35-21)24(26,27)28;2-1-3/h5-6,8,10-11,13,18H,7,9H2,1-4H3;6-7,9,11,13-14H,8,10H2,1-5H3;/t13?,18-;13-,14?;/m00./s1. The first kappa shape index (κ1) is 57.9. The minimum Gasteiger partial charge on any atom is -0.488 e. The molecule has 4 atom stereocenters. The van der Waals surface area contributed by atoms with Crippen molar-refractivity contribution >= 4 is 92.5 Å². The highest BCUT2D eigenvalue weighted by Gasteiger charge is 2.41.